The molecule has 1 aromatic carbocycles. The summed E-state index contributed by atoms with van der Waals surface area (Å²) in [5.41, 5.74) is 0. The average Bonchev–Trinajstić information content (AvgIpc) is 2.72. The third-order valence-electron chi connectivity index (χ3n) is 4.83. The van der Waals surface area contributed by atoms with Crippen LogP contribution >= 0.6 is 0 Å². The van der Waals surface area contributed by atoms with Crippen molar-refractivity contribution < 1.29 is 27.5 Å². The molecule has 28 heavy (non-hydrogen) atoms. The van der Waals surface area contributed by atoms with Crippen LogP contribution in [0.5, 0.6) is 5.75 Å². The number of esters is 1. The summed E-state index contributed by atoms with van der Waals surface area (Å²) in [4.78, 5) is 26.2. The fourth-order valence-corrected chi connectivity index (χ4v) is 4.54. The van der Waals surface area contributed by atoms with Gasteiger partial charge in [0, 0.05) is 19.6 Å². The normalized spacial score (nSPS) is 15.5. The molecule has 1 aromatic rings. The quantitative estimate of drug-likeness (QED) is 0.601. The van der Waals surface area contributed by atoms with Crippen molar-refractivity contribution in [3.05, 3.63) is 24.3 Å². The molecule has 1 fully saturated rings. The summed E-state index contributed by atoms with van der Waals surface area (Å²) in [6, 6.07) is 6.07. The van der Waals surface area contributed by atoms with Crippen LogP contribution in [0.3, 0.4) is 0 Å². The maximum atomic E-state index is 12.8. The van der Waals surface area contributed by atoms with Crippen LogP contribution in [0.1, 0.15) is 26.7 Å². The third kappa shape index (κ3) is 5.23. The van der Waals surface area contributed by atoms with Gasteiger partial charge in [-0.05, 0) is 44.0 Å². The minimum atomic E-state index is -3.79. The van der Waals surface area contributed by atoms with Crippen LogP contribution in [0.2, 0.25) is 0 Å². The van der Waals surface area contributed by atoms with E-state index in [1.807, 2.05) is 0 Å². The van der Waals surface area contributed by atoms with E-state index in [0.29, 0.717) is 38.3 Å². The Kier molecular flexibility index (Phi) is 7.82. The van der Waals surface area contributed by atoms with Crippen molar-refractivity contribution >= 4 is 21.9 Å². The molecule has 0 atom stereocenters. The van der Waals surface area contributed by atoms with E-state index in [2.05, 4.69) is 0 Å². The zero-order valence-electron chi connectivity index (χ0n) is 16.6. The van der Waals surface area contributed by atoms with Gasteiger partial charge in [0.15, 0.2) is 0 Å². The summed E-state index contributed by atoms with van der Waals surface area (Å²) in [5, 5.41) is 0. The summed E-state index contributed by atoms with van der Waals surface area (Å²) in [7, 11) is -2.28. The Morgan fingerprint density at radius 3 is 2.25 bits per heavy atom. The van der Waals surface area contributed by atoms with Crippen LogP contribution in [0, 0.1) is 5.92 Å². The van der Waals surface area contributed by atoms with Crippen LogP contribution in [0.25, 0.3) is 0 Å². The molecule has 0 aromatic heterocycles. The lowest BCUT2D eigenvalue weighted by atomic mass is 9.97. The number of hydrogen-bond acceptors (Lipinski definition) is 6. The summed E-state index contributed by atoms with van der Waals surface area (Å²) >= 11 is 0. The highest BCUT2D eigenvalue weighted by Crippen LogP contribution is 2.21. The fourth-order valence-electron chi connectivity index (χ4n) is 3.14. The zero-order valence-corrected chi connectivity index (χ0v) is 17.4. The molecular weight excluding hydrogens is 384 g/mol. The first kappa shape index (κ1) is 22.2. The Labute approximate surface area is 166 Å². The lowest BCUT2D eigenvalue weighted by Gasteiger charge is -2.32. The second-order valence-electron chi connectivity index (χ2n) is 6.51. The van der Waals surface area contributed by atoms with Gasteiger partial charge in [-0.1, -0.05) is 6.92 Å². The number of likely N-dealkylation sites (tertiary alicyclic amines) is 1. The Hall–Kier alpha value is -2.13. The number of sulfonamides is 1. The highest BCUT2D eigenvalue weighted by atomic mass is 32.2. The second-order valence-corrected chi connectivity index (χ2v) is 8.45. The second kappa shape index (κ2) is 9.88. The average molecular weight is 413 g/mol. The van der Waals surface area contributed by atoms with Gasteiger partial charge in [-0.25, -0.2) is 8.42 Å². The molecule has 0 spiro atoms. The minimum absolute atomic E-state index is 0.115. The number of rotatable bonds is 8. The molecule has 0 saturated carbocycles. The number of ether oxygens (including phenoxy) is 2. The van der Waals surface area contributed by atoms with Gasteiger partial charge in [0.1, 0.15) is 5.75 Å². The highest BCUT2D eigenvalue weighted by Gasteiger charge is 2.31. The van der Waals surface area contributed by atoms with Gasteiger partial charge in [-0.2, -0.15) is 4.31 Å². The number of nitrogens with zero attached hydrogens (tertiary/aromatic N) is 2. The molecular formula is C19H28N2O6S. The van der Waals surface area contributed by atoms with E-state index in [1.54, 1.807) is 30.9 Å². The van der Waals surface area contributed by atoms with Crippen LogP contribution in [-0.2, 0) is 24.3 Å². The Morgan fingerprint density at radius 2 is 1.75 bits per heavy atom. The topological polar surface area (TPSA) is 93.2 Å². The summed E-state index contributed by atoms with van der Waals surface area (Å²) < 4.78 is 36.9. The number of likely N-dealkylation sites (N-methyl/N-ethyl adjacent to an activating group) is 1. The molecule has 2 rings (SSSR count). The molecule has 0 unspecified atom stereocenters. The Balaban J connectivity index is 2.00. The van der Waals surface area contributed by atoms with E-state index in [1.165, 1.54) is 19.2 Å². The molecule has 1 heterocycles. The maximum absolute atomic E-state index is 12.8. The number of methoxy groups -OCH3 is 1. The van der Waals surface area contributed by atoms with E-state index in [-0.39, 0.29) is 35.8 Å². The predicted octanol–water partition coefficient (Wildman–Crippen LogP) is 1.51. The first-order valence-electron chi connectivity index (χ1n) is 9.42. The molecule has 0 N–H and O–H groups in total. The largest absolute Gasteiger partial charge is 0.497 e. The smallest absolute Gasteiger partial charge is 0.309 e. The van der Waals surface area contributed by atoms with Crippen molar-refractivity contribution in [3.63, 3.8) is 0 Å². The molecule has 9 heteroatoms. The molecule has 0 radical (unpaired) electrons. The number of benzene rings is 1. The van der Waals surface area contributed by atoms with Crippen LogP contribution in [0.15, 0.2) is 29.2 Å². The summed E-state index contributed by atoms with van der Waals surface area (Å²) in [6.45, 7) is 4.59. The van der Waals surface area contributed by atoms with Crippen LogP contribution < -0.4 is 4.74 Å². The van der Waals surface area contributed by atoms with Crippen molar-refractivity contribution in [2.75, 3.05) is 39.9 Å². The van der Waals surface area contributed by atoms with Crippen molar-refractivity contribution in [1.82, 2.24) is 9.21 Å². The molecule has 1 saturated heterocycles. The number of piperidine rings is 1. The first-order chi connectivity index (χ1) is 13.3. The molecule has 0 aliphatic carbocycles. The molecule has 8 nitrogen and oxygen atoms in total. The summed E-state index contributed by atoms with van der Waals surface area (Å²) in [5.74, 6) is -0.134. The first-order valence-corrected chi connectivity index (χ1v) is 10.9. The van der Waals surface area contributed by atoms with Crippen LogP contribution in [-0.4, -0.2) is 69.4 Å². The van der Waals surface area contributed by atoms with E-state index in [4.69, 9.17) is 9.47 Å². The van der Waals surface area contributed by atoms with Gasteiger partial charge in [0.05, 0.1) is 31.1 Å². The number of carbonyl (C=O) groups excluding carboxylic acids is 2. The van der Waals surface area contributed by atoms with Crippen molar-refractivity contribution in [3.8, 4) is 5.75 Å². The van der Waals surface area contributed by atoms with E-state index >= 15 is 0 Å². The fraction of sp³-hybridized carbons (Fsp3) is 0.579. The molecule has 1 amide bonds. The predicted molar refractivity (Wildman–Crippen MR) is 103 cm³/mol. The number of carbonyl (C=O) groups is 2. The van der Waals surface area contributed by atoms with E-state index in [9.17, 15) is 18.0 Å². The molecule has 0 bridgehead atoms. The van der Waals surface area contributed by atoms with Crippen molar-refractivity contribution in [2.45, 2.75) is 31.6 Å². The number of hydrogen-bond donors (Lipinski definition) is 0. The standard InChI is InChI=1S/C19H28N2O6S/c1-4-21(28(24,25)17-8-6-16(26-3)7-9-17)14-18(22)20-12-10-15(11-13-20)19(23)27-5-2/h6-9,15H,4-5,10-14H2,1-3H3. The highest BCUT2D eigenvalue weighted by molar-refractivity contribution is 7.89. The number of amides is 1. The van der Waals surface area contributed by atoms with E-state index < -0.39 is 10.0 Å². The van der Waals surface area contributed by atoms with Gasteiger partial charge in [-0.3, -0.25) is 9.59 Å². The van der Waals surface area contributed by atoms with Gasteiger partial charge in [0.25, 0.3) is 0 Å². The van der Waals surface area contributed by atoms with Gasteiger partial charge in [-0.15, -0.1) is 0 Å². The molecule has 1 aliphatic heterocycles. The third-order valence-corrected chi connectivity index (χ3v) is 6.76. The van der Waals surface area contributed by atoms with Gasteiger partial charge in [0.2, 0.25) is 15.9 Å². The molecule has 1 aliphatic rings. The zero-order chi connectivity index (χ0) is 20.7. The lowest BCUT2D eigenvalue weighted by Crippen LogP contribution is -2.46. The molecule has 156 valence electrons. The maximum Gasteiger partial charge on any atom is 0.309 e. The SMILES string of the molecule is CCOC(=O)C1CCN(C(=O)CN(CC)S(=O)(=O)c2ccc(OC)cc2)CC1. The van der Waals surface area contributed by atoms with Gasteiger partial charge >= 0.3 is 5.97 Å². The monoisotopic (exact) mass is 412 g/mol. The minimum Gasteiger partial charge on any atom is -0.497 e. The van der Waals surface area contributed by atoms with Crippen molar-refractivity contribution in [1.29, 1.82) is 0 Å². The Morgan fingerprint density at radius 1 is 1.14 bits per heavy atom. The Bertz CT molecular complexity index is 770. The van der Waals surface area contributed by atoms with Crippen molar-refractivity contribution in [2.24, 2.45) is 5.92 Å². The summed E-state index contributed by atoms with van der Waals surface area (Å²) in [6.07, 6.45) is 1.06. The van der Waals surface area contributed by atoms with E-state index in [0.717, 1.165) is 4.31 Å². The lowest BCUT2D eigenvalue weighted by molar-refractivity contribution is -0.151. The van der Waals surface area contributed by atoms with Gasteiger partial charge < -0.3 is 14.4 Å². The van der Waals surface area contributed by atoms with Crippen LogP contribution in [0.4, 0.5) is 0 Å².